The molecule has 3 amide bonds. The molecule has 2 aliphatic rings. The lowest BCUT2D eigenvalue weighted by atomic mass is 9.95. The average Bonchev–Trinajstić information content (AvgIpc) is 3.09. The monoisotopic (exact) mass is 512 g/mol. The quantitative estimate of drug-likeness (QED) is 0.273. The van der Waals surface area contributed by atoms with Gasteiger partial charge in [0.2, 0.25) is 17.7 Å². The van der Waals surface area contributed by atoms with Crippen molar-refractivity contribution in [1.29, 1.82) is 0 Å². The van der Waals surface area contributed by atoms with Crippen molar-refractivity contribution in [2.75, 3.05) is 0 Å². The van der Waals surface area contributed by atoms with Gasteiger partial charge in [0, 0.05) is 16.9 Å². The number of nitrogens with one attached hydrogen (secondary N) is 2. The van der Waals surface area contributed by atoms with E-state index in [0.29, 0.717) is 11.1 Å². The van der Waals surface area contributed by atoms with Gasteiger partial charge in [0.1, 0.15) is 23.5 Å². The van der Waals surface area contributed by atoms with Crippen LogP contribution in [0, 0.1) is 10.1 Å². The predicted octanol–water partition coefficient (Wildman–Crippen LogP) is 1.63. The summed E-state index contributed by atoms with van der Waals surface area (Å²) in [7, 11) is 0. The third-order valence-electron chi connectivity index (χ3n) is 6.18. The van der Waals surface area contributed by atoms with Crippen LogP contribution in [-0.4, -0.2) is 60.8 Å². The molecule has 0 bridgehead atoms. The van der Waals surface area contributed by atoms with Crippen molar-refractivity contribution in [1.82, 2.24) is 15.5 Å². The first-order chi connectivity index (χ1) is 17.0. The largest absolute Gasteiger partial charge is 0.480 e. The molecule has 188 valence electrons. The molecule has 2 aromatic rings. The summed E-state index contributed by atoms with van der Waals surface area (Å²) >= 11 is 1.31. The highest BCUT2D eigenvalue weighted by atomic mass is 32.2. The van der Waals surface area contributed by atoms with Gasteiger partial charge in [-0.25, -0.2) is 4.79 Å². The lowest BCUT2D eigenvalue weighted by Gasteiger charge is -2.44. The molecule has 2 saturated heterocycles. The fourth-order valence-corrected chi connectivity index (χ4v) is 6.09. The molecule has 4 rings (SSSR count). The van der Waals surface area contributed by atoms with E-state index in [2.05, 4.69) is 10.6 Å². The van der Waals surface area contributed by atoms with Crippen molar-refractivity contribution in [3.63, 3.8) is 0 Å². The number of carboxylic acid groups (broad SMARTS) is 1. The molecule has 12 heteroatoms. The van der Waals surface area contributed by atoms with Crippen molar-refractivity contribution in [3.05, 3.63) is 75.8 Å². The molecule has 0 aromatic heterocycles. The van der Waals surface area contributed by atoms with Gasteiger partial charge in [-0.2, -0.15) is 0 Å². The summed E-state index contributed by atoms with van der Waals surface area (Å²) in [4.78, 5) is 62.1. The number of hydrogen-bond donors (Lipinski definition) is 3. The van der Waals surface area contributed by atoms with Gasteiger partial charge in [-0.05, 0) is 25.0 Å². The third kappa shape index (κ3) is 4.76. The normalized spacial score (nSPS) is 22.7. The minimum Gasteiger partial charge on any atom is -0.480 e. The van der Waals surface area contributed by atoms with Gasteiger partial charge >= 0.3 is 5.97 Å². The number of β-lactam (4-membered cyclic amide) rings is 1. The molecule has 2 heterocycles. The van der Waals surface area contributed by atoms with E-state index in [0.717, 1.165) is 0 Å². The van der Waals surface area contributed by atoms with Gasteiger partial charge in [0.15, 0.2) is 0 Å². The minimum absolute atomic E-state index is 0.0991. The molecule has 0 aliphatic carbocycles. The molecular formula is C24H24N4O7S. The number of nitrogens with zero attached hydrogens (tertiary/aromatic N) is 2. The average molecular weight is 513 g/mol. The van der Waals surface area contributed by atoms with Crippen LogP contribution in [0.3, 0.4) is 0 Å². The molecule has 0 radical (unpaired) electrons. The van der Waals surface area contributed by atoms with Crippen LogP contribution in [-0.2, 0) is 25.6 Å². The Balaban J connectivity index is 1.47. The van der Waals surface area contributed by atoms with E-state index in [1.165, 1.54) is 40.9 Å². The highest BCUT2D eigenvalue weighted by Gasteiger charge is 2.64. The number of amides is 3. The number of non-ortho nitro benzene ring substituents is 1. The van der Waals surface area contributed by atoms with Crippen molar-refractivity contribution < 1.29 is 29.2 Å². The highest BCUT2D eigenvalue weighted by Crippen LogP contribution is 2.50. The van der Waals surface area contributed by atoms with Crippen molar-refractivity contribution >= 4 is 41.1 Å². The van der Waals surface area contributed by atoms with Crippen LogP contribution in [0.5, 0.6) is 0 Å². The number of carboxylic acids is 1. The van der Waals surface area contributed by atoms with Gasteiger partial charge in [-0.3, -0.25) is 24.5 Å². The molecule has 1 unspecified atom stereocenters. The Hall–Kier alpha value is -3.93. The SMILES string of the molecule is CC1(C)S[C@@H]2[C@H](NC(=O)C(NC(=O)Cc3ccc([N+](=O)[O-])cc3)c3ccccc3)C(=O)N2[C@H]1C(=O)O. The van der Waals surface area contributed by atoms with Crippen molar-refractivity contribution in [2.24, 2.45) is 0 Å². The number of nitro groups is 1. The first-order valence-electron chi connectivity index (χ1n) is 11.1. The van der Waals surface area contributed by atoms with E-state index in [9.17, 15) is 34.4 Å². The zero-order chi connectivity index (χ0) is 26.2. The molecule has 36 heavy (non-hydrogen) atoms. The Kier molecular flexibility index (Phi) is 6.72. The predicted molar refractivity (Wildman–Crippen MR) is 130 cm³/mol. The van der Waals surface area contributed by atoms with E-state index < -0.39 is 56.9 Å². The number of hydrogen-bond acceptors (Lipinski definition) is 7. The van der Waals surface area contributed by atoms with E-state index in [1.54, 1.807) is 44.2 Å². The molecule has 2 aromatic carbocycles. The number of rotatable bonds is 8. The summed E-state index contributed by atoms with van der Waals surface area (Å²) in [6.07, 6.45) is -0.113. The second-order valence-corrected chi connectivity index (χ2v) is 10.9. The molecule has 2 fully saturated rings. The number of carbonyl (C=O) groups is 4. The molecule has 11 nitrogen and oxygen atoms in total. The van der Waals surface area contributed by atoms with Crippen molar-refractivity contribution in [3.8, 4) is 0 Å². The summed E-state index contributed by atoms with van der Waals surface area (Å²) < 4.78 is -0.733. The van der Waals surface area contributed by atoms with Gasteiger partial charge < -0.3 is 20.6 Å². The smallest absolute Gasteiger partial charge is 0.327 e. The maximum atomic E-state index is 13.3. The zero-order valence-electron chi connectivity index (χ0n) is 19.4. The first-order valence-corrected chi connectivity index (χ1v) is 12.0. The zero-order valence-corrected chi connectivity index (χ0v) is 20.2. The van der Waals surface area contributed by atoms with E-state index in [4.69, 9.17) is 0 Å². The maximum absolute atomic E-state index is 13.3. The summed E-state index contributed by atoms with van der Waals surface area (Å²) in [5, 5.41) is 25.3. The first kappa shape index (κ1) is 25.2. The topological polar surface area (TPSA) is 159 Å². The fraction of sp³-hybridized carbons (Fsp3) is 0.333. The third-order valence-corrected chi connectivity index (χ3v) is 7.76. The van der Waals surface area contributed by atoms with Gasteiger partial charge in [0.05, 0.1) is 11.3 Å². The molecule has 0 spiro atoms. The molecule has 2 aliphatic heterocycles. The standard InChI is InChI=1S/C24H24N4O7S/c1-24(2)19(23(32)33)27-21(31)18(22(27)36-24)26-20(30)17(14-6-4-3-5-7-14)25-16(29)12-13-8-10-15(11-9-13)28(34)35/h3-11,17-19,22H,12H2,1-2H3,(H,25,29)(H,26,30)(H,32,33)/t17?,18-,19+,22-/m1/s1. The van der Waals surface area contributed by atoms with Crippen LogP contribution in [0.2, 0.25) is 0 Å². The number of nitro benzene ring substituents is 1. The fourth-order valence-electron chi connectivity index (χ4n) is 4.46. The number of carbonyl (C=O) groups excluding carboxylic acids is 3. The van der Waals surface area contributed by atoms with Gasteiger partial charge in [-0.1, -0.05) is 42.5 Å². The van der Waals surface area contributed by atoms with Crippen LogP contribution in [0.25, 0.3) is 0 Å². The van der Waals surface area contributed by atoms with Crippen LogP contribution >= 0.6 is 11.8 Å². The van der Waals surface area contributed by atoms with Crippen LogP contribution < -0.4 is 10.6 Å². The second kappa shape index (κ2) is 9.61. The number of fused-ring (bicyclic) bond motifs is 1. The second-order valence-electron chi connectivity index (χ2n) is 9.10. The van der Waals surface area contributed by atoms with Crippen LogP contribution in [0.4, 0.5) is 5.69 Å². The maximum Gasteiger partial charge on any atom is 0.327 e. The number of thioether (sulfide) groups is 1. The van der Waals surface area contributed by atoms with Crippen molar-refractivity contribution in [2.45, 2.75) is 48.5 Å². The van der Waals surface area contributed by atoms with E-state index in [-0.39, 0.29) is 12.1 Å². The minimum atomic E-state index is -1.10. The number of benzene rings is 2. The van der Waals surface area contributed by atoms with E-state index >= 15 is 0 Å². The lowest BCUT2D eigenvalue weighted by Crippen LogP contribution is -2.71. The van der Waals surface area contributed by atoms with Crippen LogP contribution in [0.1, 0.15) is 31.0 Å². The lowest BCUT2D eigenvalue weighted by molar-refractivity contribution is -0.384. The molecular weight excluding hydrogens is 488 g/mol. The Morgan fingerprint density at radius 1 is 1.14 bits per heavy atom. The summed E-state index contributed by atoms with van der Waals surface area (Å²) in [5.41, 5.74) is 0.927. The molecule has 4 atom stereocenters. The highest BCUT2D eigenvalue weighted by molar-refractivity contribution is 8.01. The van der Waals surface area contributed by atoms with Crippen LogP contribution in [0.15, 0.2) is 54.6 Å². The van der Waals surface area contributed by atoms with Gasteiger partial charge in [0.25, 0.3) is 5.69 Å². The Labute approximate surface area is 210 Å². The Morgan fingerprint density at radius 2 is 1.78 bits per heavy atom. The van der Waals surface area contributed by atoms with E-state index in [1.807, 2.05) is 0 Å². The summed E-state index contributed by atoms with van der Waals surface area (Å²) in [6, 6.07) is 11.0. The van der Waals surface area contributed by atoms with Gasteiger partial charge in [-0.15, -0.1) is 11.8 Å². The summed E-state index contributed by atoms with van der Waals surface area (Å²) in [6.45, 7) is 3.48. The Morgan fingerprint density at radius 3 is 2.36 bits per heavy atom. The Bertz CT molecular complexity index is 1220. The molecule has 3 N–H and O–H groups in total. The summed E-state index contributed by atoms with van der Waals surface area (Å²) in [5.74, 6) is -2.68. The molecule has 0 saturated carbocycles. The number of aliphatic carboxylic acids is 1.